The third-order valence-corrected chi connectivity index (χ3v) is 5.53. The Morgan fingerprint density at radius 1 is 0.897 bits per heavy atom. The van der Waals surface area contributed by atoms with Gasteiger partial charge in [0.05, 0.1) is 13.2 Å². The Morgan fingerprint density at radius 3 is 2.34 bits per heavy atom. The fraction of sp³-hybridized carbons (Fsp3) is 0.130. The predicted octanol–water partition coefficient (Wildman–Crippen LogP) is 5.68. The van der Waals surface area contributed by atoms with Crippen molar-refractivity contribution in [2.75, 3.05) is 7.11 Å². The first-order valence-electron chi connectivity index (χ1n) is 9.17. The number of hydrogen-bond acceptors (Lipinski definition) is 4. The topological polar surface area (TPSA) is 53.5 Å². The second kappa shape index (κ2) is 8.37. The molecule has 0 saturated heterocycles. The van der Waals surface area contributed by atoms with Crippen LogP contribution >= 0.6 is 23.2 Å². The van der Waals surface area contributed by atoms with Gasteiger partial charge >= 0.3 is 0 Å². The monoisotopic (exact) mass is 426 g/mol. The Balaban J connectivity index is 1.79. The third kappa shape index (κ3) is 4.06. The van der Waals surface area contributed by atoms with Gasteiger partial charge in [0, 0.05) is 26.9 Å². The van der Waals surface area contributed by atoms with Crippen LogP contribution in [-0.4, -0.2) is 12.2 Å². The highest BCUT2D eigenvalue weighted by atomic mass is 35.5. The van der Waals surface area contributed by atoms with Gasteiger partial charge in [-0.15, -0.1) is 0 Å². The van der Waals surface area contributed by atoms with Gasteiger partial charge in [-0.3, -0.25) is 5.32 Å². The molecule has 1 heterocycles. The maximum atomic E-state index is 10.7. The van der Waals surface area contributed by atoms with Crippen molar-refractivity contribution in [2.45, 2.75) is 12.2 Å². The summed E-state index contributed by atoms with van der Waals surface area (Å²) in [6.07, 6.45) is 1.78. The van der Waals surface area contributed by atoms with Gasteiger partial charge in [-0.2, -0.15) is 0 Å². The molecule has 0 bridgehead atoms. The molecule has 4 rings (SSSR count). The van der Waals surface area contributed by atoms with Crippen molar-refractivity contribution in [1.29, 1.82) is 0 Å². The second-order valence-corrected chi connectivity index (χ2v) is 7.57. The van der Waals surface area contributed by atoms with Crippen LogP contribution in [0.5, 0.6) is 11.5 Å². The molecule has 0 spiro atoms. The average Bonchev–Trinajstić information content (AvgIpc) is 2.74. The number of benzene rings is 3. The molecule has 2 atom stereocenters. The molecule has 1 aliphatic heterocycles. The summed E-state index contributed by atoms with van der Waals surface area (Å²) in [7, 11) is 1.54. The number of halogens is 2. The Kier molecular flexibility index (Phi) is 5.67. The van der Waals surface area contributed by atoms with Crippen LogP contribution in [-0.2, 0) is 0 Å². The smallest absolute Gasteiger partial charge is 0.162 e. The number of para-hydroxylation sites is 1. The van der Waals surface area contributed by atoms with E-state index in [2.05, 4.69) is 10.6 Å². The largest absolute Gasteiger partial charge is 0.504 e. The molecule has 3 aromatic carbocycles. The van der Waals surface area contributed by atoms with Crippen LogP contribution in [0.15, 0.2) is 72.8 Å². The molecule has 0 aliphatic carbocycles. The number of phenols is 1. The number of methoxy groups -OCH3 is 1. The van der Waals surface area contributed by atoms with Crippen LogP contribution in [0.1, 0.15) is 28.9 Å². The minimum absolute atomic E-state index is 0.110. The highest BCUT2D eigenvalue weighted by Crippen LogP contribution is 2.38. The number of rotatable bonds is 4. The van der Waals surface area contributed by atoms with Gasteiger partial charge in [0.25, 0.3) is 0 Å². The van der Waals surface area contributed by atoms with E-state index in [0.717, 1.165) is 22.4 Å². The molecule has 0 aromatic heterocycles. The first kappa shape index (κ1) is 19.6. The van der Waals surface area contributed by atoms with Gasteiger partial charge in [-0.05, 0) is 35.9 Å². The summed E-state index contributed by atoms with van der Waals surface area (Å²) in [5, 5.41) is 19.0. The van der Waals surface area contributed by atoms with Crippen molar-refractivity contribution in [3.8, 4) is 11.5 Å². The Bertz CT molecular complexity index is 1050. The van der Waals surface area contributed by atoms with Crippen molar-refractivity contribution < 1.29 is 9.84 Å². The van der Waals surface area contributed by atoms with E-state index in [1.54, 1.807) is 6.07 Å². The number of phenolic OH excluding ortho intramolecular Hbond substituents is 1. The third-order valence-electron chi connectivity index (χ3n) is 4.94. The van der Waals surface area contributed by atoms with Crippen molar-refractivity contribution in [3.63, 3.8) is 0 Å². The normalized spacial score (nSPS) is 18.7. The summed E-state index contributed by atoms with van der Waals surface area (Å²) in [4.78, 5) is 0. The molecule has 4 nitrogen and oxygen atoms in total. The lowest BCUT2D eigenvalue weighted by Crippen LogP contribution is -2.39. The lowest BCUT2D eigenvalue weighted by atomic mass is 9.97. The number of hydrogen-bond donors (Lipinski definition) is 3. The zero-order chi connectivity index (χ0) is 20.4. The molecular formula is C23H20Cl2N2O2. The SMILES string of the molecule is COc1cccc(C2C=C(c3ccc(Cl)cc3)NC(c3ccccc3Cl)N2)c1O. The van der Waals surface area contributed by atoms with Crippen LogP contribution in [0.4, 0.5) is 0 Å². The van der Waals surface area contributed by atoms with Crippen molar-refractivity contribution in [2.24, 2.45) is 0 Å². The van der Waals surface area contributed by atoms with E-state index in [-0.39, 0.29) is 18.0 Å². The molecule has 0 amide bonds. The summed E-state index contributed by atoms with van der Waals surface area (Å²) < 4.78 is 5.28. The van der Waals surface area contributed by atoms with E-state index >= 15 is 0 Å². The van der Waals surface area contributed by atoms with Gasteiger partial charge in [0.2, 0.25) is 0 Å². The van der Waals surface area contributed by atoms with Crippen molar-refractivity contribution >= 4 is 28.9 Å². The lowest BCUT2D eigenvalue weighted by molar-refractivity contribution is 0.363. The van der Waals surface area contributed by atoms with E-state index in [0.29, 0.717) is 15.8 Å². The minimum Gasteiger partial charge on any atom is -0.504 e. The minimum atomic E-state index is -0.265. The molecule has 0 fully saturated rings. The van der Waals surface area contributed by atoms with Gasteiger partial charge < -0.3 is 15.2 Å². The molecule has 2 unspecified atom stereocenters. The average molecular weight is 427 g/mol. The van der Waals surface area contributed by atoms with Crippen LogP contribution in [0.3, 0.4) is 0 Å². The van der Waals surface area contributed by atoms with Crippen LogP contribution in [0.25, 0.3) is 5.70 Å². The van der Waals surface area contributed by atoms with Gasteiger partial charge in [0.15, 0.2) is 11.5 Å². The quantitative estimate of drug-likeness (QED) is 0.502. The molecule has 3 N–H and O–H groups in total. The molecule has 148 valence electrons. The lowest BCUT2D eigenvalue weighted by Gasteiger charge is -2.33. The number of aromatic hydroxyl groups is 1. The summed E-state index contributed by atoms with van der Waals surface area (Å²) >= 11 is 12.5. The highest BCUT2D eigenvalue weighted by molar-refractivity contribution is 6.31. The molecule has 29 heavy (non-hydrogen) atoms. The van der Waals surface area contributed by atoms with Gasteiger partial charge in [0.1, 0.15) is 6.17 Å². The van der Waals surface area contributed by atoms with Crippen LogP contribution in [0, 0.1) is 0 Å². The maximum absolute atomic E-state index is 10.7. The number of ether oxygens (including phenoxy) is 1. The summed E-state index contributed by atoms with van der Waals surface area (Å²) in [6.45, 7) is 0. The Hall–Kier alpha value is -2.66. The fourth-order valence-electron chi connectivity index (χ4n) is 3.46. The number of nitrogens with one attached hydrogen (secondary N) is 2. The van der Waals surface area contributed by atoms with Gasteiger partial charge in [-0.25, -0.2) is 0 Å². The Labute approximate surface area is 179 Å². The van der Waals surface area contributed by atoms with Gasteiger partial charge in [-0.1, -0.05) is 65.7 Å². The molecule has 0 radical (unpaired) electrons. The molecule has 0 saturated carbocycles. The van der Waals surface area contributed by atoms with E-state index < -0.39 is 0 Å². The molecule has 6 heteroatoms. The first-order valence-corrected chi connectivity index (χ1v) is 9.93. The molecular weight excluding hydrogens is 407 g/mol. The first-order chi connectivity index (χ1) is 14.1. The standard InChI is InChI=1S/C23H20Cl2N2O2/c1-29-21-8-4-6-17(22(21)28)20-13-19(14-9-11-15(24)12-10-14)26-23(27-20)16-5-2-3-7-18(16)25/h2-13,20,23,26-28H,1H3. The second-order valence-electron chi connectivity index (χ2n) is 6.73. The molecule has 3 aromatic rings. The zero-order valence-corrected chi connectivity index (χ0v) is 17.2. The maximum Gasteiger partial charge on any atom is 0.162 e. The molecule has 1 aliphatic rings. The summed E-state index contributed by atoms with van der Waals surface area (Å²) in [5.74, 6) is 0.539. The van der Waals surface area contributed by atoms with Crippen molar-refractivity contribution in [3.05, 3.63) is 99.5 Å². The summed E-state index contributed by atoms with van der Waals surface area (Å²) in [6, 6.07) is 20.5. The van der Waals surface area contributed by atoms with Crippen molar-refractivity contribution in [1.82, 2.24) is 10.6 Å². The van der Waals surface area contributed by atoms with Crippen LogP contribution < -0.4 is 15.4 Å². The van der Waals surface area contributed by atoms with Crippen LogP contribution in [0.2, 0.25) is 10.0 Å². The van der Waals surface area contributed by atoms with E-state index in [9.17, 15) is 5.11 Å². The van der Waals surface area contributed by atoms with E-state index in [1.165, 1.54) is 7.11 Å². The predicted molar refractivity (Wildman–Crippen MR) is 117 cm³/mol. The van der Waals surface area contributed by atoms with E-state index in [1.807, 2.05) is 66.7 Å². The fourth-order valence-corrected chi connectivity index (χ4v) is 3.83. The Morgan fingerprint density at radius 2 is 1.62 bits per heavy atom. The highest BCUT2D eigenvalue weighted by Gasteiger charge is 2.27. The zero-order valence-electron chi connectivity index (χ0n) is 15.7. The van der Waals surface area contributed by atoms with E-state index in [4.69, 9.17) is 27.9 Å². The summed E-state index contributed by atoms with van der Waals surface area (Å²) in [5.41, 5.74) is 3.54.